The Morgan fingerprint density at radius 1 is 1.12 bits per heavy atom. The number of oxime groups is 1. The largest absolute Gasteiger partial charge is 0.435 e. The number of hydrogen-bond donors (Lipinski definition) is 3. The molecule has 0 saturated heterocycles. The molecular formula is C21H18Cl3F3N4O3. The fraction of sp³-hybridized carbons (Fsp3) is 0.286. The van der Waals surface area contributed by atoms with Gasteiger partial charge in [-0.2, -0.15) is 13.2 Å². The molecule has 182 valence electrons. The molecule has 0 spiro atoms. The number of urea groups is 1. The third kappa shape index (κ3) is 5.51. The average molecular weight is 538 g/mol. The number of aryl methyl sites for hydroxylation is 1. The smallest absolute Gasteiger partial charge is 0.374 e. The monoisotopic (exact) mass is 536 g/mol. The summed E-state index contributed by atoms with van der Waals surface area (Å²) in [6.07, 6.45) is -5.45. The average Bonchev–Trinajstić information content (AvgIpc) is 3.22. The number of hydrogen-bond acceptors (Lipinski definition) is 4. The summed E-state index contributed by atoms with van der Waals surface area (Å²) < 4.78 is 42.4. The molecule has 0 radical (unpaired) electrons. The van der Waals surface area contributed by atoms with Gasteiger partial charge in [-0.05, 0) is 48.4 Å². The van der Waals surface area contributed by atoms with Crippen LogP contribution in [0.15, 0.2) is 41.6 Å². The van der Waals surface area contributed by atoms with Gasteiger partial charge in [0, 0.05) is 40.0 Å². The highest BCUT2D eigenvalue weighted by Crippen LogP contribution is 2.49. The van der Waals surface area contributed by atoms with Gasteiger partial charge < -0.3 is 10.2 Å². The second-order valence-corrected chi connectivity index (χ2v) is 8.59. The number of hydrazine groups is 1. The van der Waals surface area contributed by atoms with Gasteiger partial charge in [0.05, 0.1) is 5.71 Å². The van der Waals surface area contributed by atoms with E-state index in [1.807, 2.05) is 0 Å². The molecule has 2 aromatic rings. The SMILES string of the molecule is Cc1cc(C2=NOC(c3cc(Cl)cc(Cl)c3)(C(F)(F)F)C2)ccc1C(=O)NNC(=O)NCCCl. The van der Waals surface area contributed by atoms with E-state index in [2.05, 4.69) is 21.3 Å². The van der Waals surface area contributed by atoms with Gasteiger partial charge in [0.2, 0.25) is 0 Å². The van der Waals surface area contributed by atoms with Crippen molar-refractivity contribution in [2.75, 3.05) is 12.4 Å². The molecular weight excluding hydrogens is 520 g/mol. The maximum Gasteiger partial charge on any atom is 0.435 e. The third-order valence-corrected chi connectivity index (χ3v) is 5.61. The first-order valence-electron chi connectivity index (χ1n) is 9.76. The number of halogens is 6. The highest BCUT2D eigenvalue weighted by atomic mass is 35.5. The van der Waals surface area contributed by atoms with Gasteiger partial charge in [0.15, 0.2) is 0 Å². The maximum absolute atomic E-state index is 14.1. The molecule has 1 atom stereocenters. The minimum Gasteiger partial charge on any atom is -0.374 e. The number of nitrogens with one attached hydrogen (secondary N) is 3. The standard InChI is InChI=1S/C21H18Cl3F3N4O3/c1-11-6-12(2-3-16(11)18(32)29-30-19(33)28-5-4-22)17-10-20(34-31-17,21(25,26)27)13-7-14(23)9-15(24)8-13/h2-3,6-9H,4-5,10H2,1H3,(H,29,32)(H2,28,30,33). The summed E-state index contributed by atoms with van der Waals surface area (Å²) in [5, 5.41) is 6.16. The summed E-state index contributed by atoms with van der Waals surface area (Å²) in [5.41, 5.74) is 2.36. The van der Waals surface area contributed by atoms with E-state index in [4.69, 9.17) is 39.6 Å². The lowest BCUT2D eigenvalue weighted by Crippen LogP contribution is -2.47. The van der Waals surface area contributed by atoms with Crippen molar-refractivity contribution in [1.82, 2.24) is 16.2 Å². The van der Waals surface area contributed by atoms with Gasteiger partial charge >= 0.3 is 12.2 Å². The summed E-state index contributed by atoms with van der Waals surface area (Å²) in [7, 11) is 0. The van der Waals surface area contributed by atoms with E-state index in [1.165, 1.54) is 24.3 Å². The van der Waals surface area contributed by atoms with Crippen molar-refractivity contribution in [3.05, 3.63) is 68.7 Å². The molecule has 1 heterocycles. The number of carbonyl (C=O) groups is 2. The van der Waals surface area contributed by atoms with E-state index < -0.39 is 30.1 Å². The molecule has 0 fully saturated rings. The Morgan fingerprint density at radius 3 is 2.38 bits per heavy atom. The molecule has 34 heavy (non-hydrogen) atoms. The number of amides is 3. The molecule has 0 aromatic heterocycles. The van der Waals surface area contributed by atoms with Crippen LogP contribution in [-0.4, -0.2) is 36.3 Å². The quantitative estimate of drug-likeness (QED) is 0.367. The van der Waals surface area contributed by atoms with E-state index in [-0.39, 0.29) is 39.3 Å². The van der Waals surface area contributed by atoms with Crippen molar-refractivity contribution < 1.29 is 27.6 Å². The van der Waals surface area contributed by atoms with Crippen LogP contribution in [0.5, 0.6) is 0 Å². The molecule has 0 bridgehead atoms. The zero-order valence-corrected chi connectivity index (χ0v) is 19.8. The van der Waals surface area contributed by atoms with E-state index >= 15 is 0 Å². The van der Waals surface area contributed by atoms with Crippen LogP contribution in [0, 0.1) is 6.92 Å². The van der Waals surface area contributed by atoms with Crippen LogP contribution < -0.4 is 16.2 Å². The molecule has 13 heteroatoms. The number of carbonyl (C=O) groups excluding carboxylic acids is 2. The van der Waals surface area contributed by atoms with Crippen LogP contribution in [-0.2, 0) is 10.4 Å². The van der Waals surface area contributed by atoms with Crippen molar-refractivity contribution in [3.63, 3.8) is 0 Å². The summed E-state index contributed by atoms with van der Waals surface area (Å²) in [4.78, 5) is 28.9. The maximum atomic E-state index is 14.1. The Hall–Kier alpha value is -2.69. The van der Waals surface area contributed by atoms with E-state index in [1.54, 1.807) is 6.92 Å². The Labute approximate surface area is 207 Å². The Kier molecular flexibility index (Phi) is 7.84. The van der Waals surface area contributed by atoms with Crippen molar-refractivity contribution in [2.24, 2.45) is 5.16 Å². The summed E-state index contributed by atoms with van der Waals surface area (Å²) >= 11 is 17.3. The number of nitrogens with zero attached hydrogens (tertiary/aromatic N) is 1. The predicted octanol–water partition coefficient (Wildman–Crippen LogP) is 5.07. The van der Waals surface area contributed by atoms with Crippen LogP contribution in [0.1, 0.15) is 33.5 Å². The van der Waals surface area contributed by atoms with Gasteiger partial charge in [-0.1, -0.05) is 34.4 Å². The molecule has 2 aromatic carbocycles. The van der Waals surface area contributed by atoms with Crippen molar-refractivity contribution in [2.45, 2.75) is 25.1 Å². The van der Waals surface area contributed by atoms with E-state index in [9.17, 15) is 22.8 Å². The number of benzene rings is 2. The predicted molar refractivity (Wildman–Crippen MR) is 122 cm³/mol. The Balaban J connectivity index is 1.80. The van der Waals surface area contributed by atoms with Gasteiger partial charge in [-0.3, -0.25) is 10.2 Å². The van der Waals surface area contributed by atoms with Crippen LogP contribution in [0.3, 0.4) is 0 Å². The summed E-state index contributed by atoms with van der Waals surface area (Å²) in [6, 6.07) is 7.28. The molecule has 1 aliphatic heterocycles. The van der Waals surface area contributed by atoms with Crippen LogP contribution in [0.25, 0.3) is 0 Å². The lowest BCUT2D eigenvalue weighted by molar-refractivity contribution is -0.275. The first kappa shape index (κ1) is 25.9. The summed E-state index contributed by atoms with van der Waals surface area (Å²) in [6.45, 7) is 1.80. The van der Waals surface area contributed by atoms with Gasteiger partial charge in [0.1, 0.15) is 0 Å². The van der Waals surface area contributed by atoms with Crippen LogP contribution >= 0.6 is 34.8 Å². The lowest BCUT2D eigenvalue weighted by Gasteiger charge is -2.29. The number of alkyl halides is 4. The fourth-order valence-corrected chi connectivity index (χ4v) is 3.95. The van der Waals surface area contributed by atoms with Crippen molar-refractivity contribution >= 4 is 52.5 Å². The summed E-state index contributed by atoms with van der Waals surface area (Å²) in [5.74, 6) is -0.414. The lowest BCUT2D eigenvalue weighted by atomic mass is 9.86. The second kappa shape index (κ2) is 10.3. The van der Waals surface area contributed by atoms with Crippen molar-refractivity contribution in [3.8, 4) is 0 Å². The number of rotatable bonds is 5. The van der Waals surface area contributed by atoms with Gasteiger partial charge in [-0.15, -0.1) is 11.6 Å². The minimum atomic E-state index is -4.82. The normalized spacial score (nSPS) is 17.6. The topological polar surface area (TPSA) is 91.8 Å². The van der Waals surface area contributed by atoms with Crippen LogP contribution in [0.2, 0.25) is 10.0 Å². The Morgan fingerprint density at radius 2 is 1.79 bits per heavy atom. The molecule has 3 amide bonds. The first-order valence-corrected chi connectivity index (χ1v) is 11.1. The molecule has 0 saturated carbocycles. The van der Waals surface area contributed by atoms with E-state index in [0.29, 0.717) is 11.1 Å². The van der Waals surface area contributed by atoms with Gasteiger partial charge in [0.25, 0.3) is 11.5 Å². The molecule has 7 nitrogen and oxygen atoms in total. The minimum absolute atomic E-state index is 0.0272. The van der Waals surface area contributed by atoms with Gasteiger partial charge in [-0.25, -0.2) is 10.2 Å². The first-order chi connectivity index (χ1) is 16.0. The Bertz CT molecular complexity index is 1120. The molecule has 1 unspecified atom stereocenters. The fourth-order valence-electron chi connectivity index (χ4n) is 3.33. The zero-order valence-electron chi connectivity index (χ0n) is 17.5. The van der Waals surface area contributed by atoms with Crippen LogP contribution in [0.4, 0.5) is 18.0 Å². The third-order valence-electron chi connectivity index (χ3n) is 4.99. The zero-order chi connectivity index (χ0) is 25.1. The highest BCUT2D eigenvalue weighted by molar-refractivity contribution is 6.34. The second-order valence-electron chi connectivity index (χ2n) is 7.34. The molecule has 3 rings (SSSR count). The van der Waals surface area contributed by atoms with E-state index in [0.717, 1.165) is 12.1 Å². The molecule has 1 aliphatic rings. The highest BCUT2D eigenvalue weighted by Gasteiger charge is 2.62. The molecule has 3 N–H and O–H groups in total. The van der Waals surface area contributed by atoms with Crippen molar-refractivity contribution in [1.29, 1.82) is 0 Å². The molecule has 0 aliphatic carbocycles.